The van der Waals surface area contributed by atoms with Crippen molar-refractivity contribution in [1.82, 2.24) is 0 Å². The van der Waals surface area contributed by atoms with Gasteiger partial charge in [-0.05, 0) is 39.8 Å². The van der Waals surface area contributed by atoms with Gasteiger partial charge in [-0.25, -0.2) is 0 Å². The van der Waals surface area contributed by atoms with E-state index in [1.54, 1.807) is 7.11 Å². The monoisotopic (exact) mass is 878 g/mol. The van der Waals surface area contributed by atoms with E-state index in [0.29, 0.717) is 46.1 Å². The average Bonchev–Trinajstić information content (AvgIpc) is 3.36. The normalized spacial score (nSPS) is 25.6. The molecule has 0 heterocycles. The van der Waals surface area contributed by atoms with Crippen molar-refractivity contribution in [2.45, 2.75) is 107 Å². The Morgan fingerprint density at radius 2 is 0.692 bits per heavy atom. The van der Waals surface area contributed by atoms with Crippen LogP contribution in [0, 0.1) is 5.92 Å². The minimum atomic E-state index is -0.946. The summed E-state index contributed by atoms with van der Waals surface area (Å²) in [7, 11) is 1.73. The van der Waals surface area contributed by atoms with Gasteiger partial charge in [-0.1, -0.05) is 182 Å². The standard InChI is InChI=1S/C56H62O9/c1-58-49-32-47(40-59-34-41-20-8-2-9-21-41)51(55(63-38-45-28-16-6-17-29-45)53(49)61-36-43-24-12-4-13-25-43)65-50-33-48(57)52(60-35-42-22-10-3-11-23-42)56(64-39-46-30-18-7-19-31-46)54(50)62-37-44-26-14-5-15-27-44/h2-31,47-57H,32-40H2,1H3/t47-,48?,49+,50+,51-,52-,53+,54+,55+,56+/m1/s1. The first-order valence-corrected chi connectivity index (χ1v) is 22.9. The van der Waals surface area contributed by atoms with Crippen molar-refractivity contribution in [3.05, 3.63) is 215 Å². The molecule has 0 amide bonds. The number of benzene rings is 6. The quantitative estimate of drug-likeness (QED) is 0.0716. The van der Waals surface area contributed by atoms with Gasteiger partial charge in [0.2, 0.25) is 0 Å². The Hall–Kier alpha value is -5.04. The highest BCUT2D eigenvalue weighted by molar-refractivity contribution is 5.18. The molecule has 0 aromatic heterocycles. The Morgan fingerprint density at radius 3 is 1.08 bits per heavy atom. The molecule has 0 radical (unpaired) electrons. The van der Waals surface area contributed by atoms with Crippen LogP contribution in [0.15, 0.2) is 182 Å². The Bertz CT molecular complexity index is 2200. The van der Waals surface area contributed by atoms with Gasteiger partial charge < -0.3 is 43.0 Å². The van der Waals surface area contributed by atoms with Gasteiger partial charge in [0.15, 0.2) is 0 Å². The highest BCUT2D eigenvalue weighted by Crippen LogP contribution is 2.39. The van der Waals surface area contributed by atoms with Crippen LogP contribution in [-0.2, 0) is 77.5 Å². The maximum absolute atomic E-state index is 12.3. The Kier molecular flexibility index (Phi) is 17.5. The van der Waals surface area contributed by atoms with Gasteiger partial charge in [-0.15, -0.1) is 0 Å². The van der Waals surface area contributed by atoms with E-state index in [-0.39, 0.29) is 25.0 Å². The molecule has 6 aromatic rings. The zero-order chi connectivity index (χ0) is 44.5. The molecule has 2 fully saturated rings. The molecule has 9 nitrogen and oxygen atoms in total. The van der Waals surface area contributed by atoms with E-state index in [4.69, 9.17) is 37.9 Å². The summed E-state index contributed by atoms with van der Waals surface area (Å²) in [4.78, 5) is 0. The first-order chi connectivity index (χ1) is 32.1. The summed E-state index contributed by atoms with van der Waals surface area (Å²) >= 11 is 0. The Morgan fingerprint density at radius 1 is 0.369 bits per heavy atom. The summed E-state index contributed by atoms with van der Waals surface area (Å²) in [5.41, 5.74) is 6.14. The molecule has 0 spiro atoms. The summed E-state index contributed by atoms with van der Waals surface area (Å²) in [6.45, 7) is 2.37. The third-order valence-corrected chi connectivity index (χ3v) is 12.4. The molecular weight excluding hydrogens is 817 g/mol. The zero-order valence-electron chi connectivity index (χ0n) is 37.2. The largest absolute Gasteiger partial charge is 0.390 e. The molecule has 65 heavy (non-hydrogen) atoms. The van der Waals surface area contributed by atoms with Crippen LogP contribution in [0.3, 0.4) is 0 Å². The molecule has 2 saturated carbocycles. The van der Waals surface area contributed by atoms with Crippen molar-refractivity contribution < 1.29 is 43.0 Å². The molecule has 1 N–H and O–H groups in total. The number of methoxy groups -OCH3 is 1. The number of aliphatic hydroxyl groups excluding tert-OH is 1. The van der Waals surface area contributed by atoms with Crippen LogP contribution in [0.5, 0.6) is 0 Å². The number of hydrogen-bond acceptors (Lipinski definition) is 9. The van der Waals surface area contributed by atoms with Crippen LogP contribution in [0.25, 0.3) is 0 Å². The molecule has 9 heteroatoms. The fourth-order valence-corrected chi connectivity index (χ4v) is 9.00. The van der Waals surface area contributed by atoms with Crippen molar-refractivity contribution in [1.29, 1.82) is 0 Å². The molecular formula is C56H62O9. The van der Waals surface area contributed by atoms with Gasteiger partial charge in [0, 0.05) is 19.4 Å². The predicted octanol–water partition coefficient (Wildman–Crippen LogP) is 9.68. The second-order valence-corrected chi connectivity index (χ2v) is 17.0. The van der Waals surface area contributed by atoms with Crippen LogP contribution in [0.1, 0.15) is 46.2 Å². The summed E-state index contributed by atoms with van der Waals surface area (Å²) in [5.74, 6) is -0.191. The van der Waals surface area contributed by atoms with Crippen LogP contribution in [0.4, 0.5) is 0 Å². The fraction of sp³-hybridized carbons (Fsp3) is 0.357. The SMILES string of the molecule is CO[C@H]1C[C@H](COCc2ccccc2)[C@@H](O[C@H]2CC(O)[C@@H](OCc3ccccc3)[C@H](OCc3ccccc3)[C@H]2OCc2ccccc2)[C@H](OCc2ccccc2)[C@H]1OCc1ccccc1. The average molecular weight is 879 g/mol. The maximum Gasteiger partial charge on any atom is 0.115 e. The van der Waals surface area contributed by atoms with Crippen molar-refractivity contribution >= 4 is 0 Å². The number of aliphatic hydroxyl groups is 1. The number of hydrogen-bond donors (Lipinski definition) is 1. The van der Waals surface area contributed by atoms with Crippen molar-refractivity contribution in [2.24, 2.45) is 5.92 Å². The summed E-state index contributed by atoms with van der Waals surface area (Å²) in [6.07, 6.45) is -4.89. The summed E-state index contributed by atoms with van der Waals surface area (Å²) in [6, 6.07) is 60.6. The first-order valence-electron chi connectivity index (χ1n) is 22.9. The fourth-order valence-electron chi connectivity index (χ4n) is 9.00. The molecule has 6 aromatic carbocycles. The highest BCUT2D eigenvalue weighted by atomic mass is 16.6. The van der Waals surface area contributed by atoms with E-state index < -0.39 is 48.8 Å². The third kappa shape index (κ3) is 13.3. The Labute approximate surface area is 384 Å². The summed E-state index contributed by atoms with van der Waals surface area (Å²) in [5, 5.41) is 12.3. The van der Waals surface area contributed by atoms with E-state index in [2.05, 4.69) is 36.4 Å². The van der Waals surface area contributed by atoms with Gasteiger partial charge >= 0.3 is 0 Å². The number of rotatable bonds is 22. The lowest BCUT2D eigenvalue weighted by atomic mass is 9.79. The number of ether oxygens (including phenoxy) is 8. The minimum absolute atomic E-state index is 0.191. The van der Waals surface area contributed by atoms with Crippen LogP contribution < -0.4 is 0 Å². The van der Waals surface area contributed by atoms with E-state index in [0.717, 1.165) is 33.4 Å². The van der Waals surface area contributed by atoms with Crippen molar-refractivity contribution in [3.63, 3.8) is 0 Å². The van der Waals surface area contributed by atoms with Crippen LogP contribution >= 0.6 is 0 Å². The Balaban J connectivity index is 1.15. The second kappa shape index (κ2) is 24.5. The molecule has 0 saturated heterocycles. The van der Waals surface area contributed by atoms with Gasteiger partial charge in [-0.2, -0.15) is 0 Å². The van der Waals surface area contributed by atoms with E-state index in [9.17, 15) is 5.11 Å². The molecule has 2 aliphatic rings. The molecule has 8 rings (SSSR count). The van der Waals surface area contributed by atoms with E-state index >= 15 is 0 Å². The topological polar surface area (TPSA) is 94.1 Å². The minimum Gasteiger partial charge on any atom is -0.390 e. The molecule has 0 bridgehead atoms. The van der Waals surface area contributed by atoms with Crippen molar-refractivity contribution in [2.75, 3.05) is 13.7 Å². The molecule has 10 atom stereocenters. The molecule has 2 aliphatic carbocycles. The van der Waals surface area contributed by atoms with Gasteiger partial charge in [-0.3, -0.25) is 0 Å². The smallest absolute Gasteiger partial charge is 0.115 e. The van der Waals surface area contributed by atoms with Gasteiger partial charge in [0.25, 0.3) is 0 Å². The second-order valence-electron chi connectivity index (χ2n) is 17.0. The third-order valence-electron chi connectivity index (χ3n) is 12.4. The molecule has 340 valence electrons. The lowest BCUT2D eigenvalue weighted by Gasteiger charge is -2.50. The van der Waals surface area contributed by atoms with Gasteiger partial charge in [0.05, 0.1) is 70.7 Å². The lowest BCUT2D eigenvalue weighted by molar-refractivity contribution is -0.278. The first kappa shape index (κ1) is 46.5. The van der Waals surface area contributed by atoms with Crippen molar-refractivity contribution in [3.8, 4) is 0 Å². The maximum atomic E-state index is 12.3. The molecule has 0 aliphatic heterocycles. The highest BCUT2D eigenvalue weighted by Gasteiger charge is 2.53. The molecule has 1 unspecified atom stereocenters. The predicted molar refractivity (Wildman–Crippen MR) is 249 cm³/mol. The van der Waals surface area contributed by atoms with Crippen LogP contribution in [0.2, 0.25) is 0 Å². The van der Waals surface area contributed by atoms with Gasteiger partial charge in [0.1, 0.15) is 30.5 Å². The lowest BCUT2D eigenvalue weighted by Crippen LogP contribution is -2.63. The van der Waals surface area contributed by atoms with E-state index in [1.807, 2.05) is 146 Å². The van der Waals surface area contributed by atoms with E-state index in [1.165, 1.54) is 0 Å². The summed E-state index contributed by atoms with van der Waals surface area (Å²) < 4.78 is 54.8. The van der Waals surface area contributed by atoms with Crippen LogP contribution in [-0.4, -0.2) is 73.8 Å². The zero-order valence-corrected chi connectivity index (χ0v) is 37.2.